The first-order valence-electron chi connectivity index (χ1n) is 5.38. The number of aromatic nitrogens is 2. The van der Waals surface area contributed by atoms with E-state index in [0.29, 0.717) is 6.04 Å². The van der Waals surface area contributed by atoms with Crippen LogP contribution in [0.3, 0.4) is 0 Å². The van der Waals surface area contributed by atoms with E-state index in [9.17, 15) is 0 Å². The Morgan fingerprint density at radius 2 is 2.13 bits per heavy atom. The predicted octanol–water partition coefficient (Wildman–Crippen LogP) is 2.10. The largest absolute Gasteiger partial charge is 0.310 e. The van der Waals surface area contributed by atoms with Crippen molar-refractivity contribution in [3.63, 3.8) is 0 Å². The van der Waals surface area contributed by atoms with Crippen LogP contribution in [0.5, 0.6) is 0 Å². The van der Waals surface area contributed by atoms with Gasteiger partial charge in [-0.2, -0.15) is 11.8 Å². The van der Waals surface area contributed by atoms with E-state index in [1.165, 1.54) is 17.9 Å². The fourth-order valence-electron chi connectivity index (χ4n) is 1.22. The highest BCUT2D eigenvalue weighted by atomic mass is 32.2. The maximum Gasteiger partial charge on any atom is 0.115 e. The van der Waals surface area contributed by atoms with Crippen LogP contribution in [0, 0.1) is 0 Å². The number of thioether (sulfide) groups is 1. The van der Waals surface area contributed by atoms with Gasteiger partial charge in [0.2, 0.25) is 0 Å². The molecule has 1 aromatic rings. The van der Waals surface area contributed by atoms with Crippen molar-refractivity contribution in [2.24, 2.45) is 0 Å². The second-order valence-corrected chi connectivity index (χ2v) is 4.91. The third-order valence-electron chi connectivity index (χ3n) is 2.17. The molecule has 3 nitrogen and oxygen atoms in total. The van der Waals surface area contributed by atoms with Crippen molar-refractivity contribution in [2.75, 3.05) is 11.5 Å². The highest BCUT2D eigenvalue weighted by molar-refractivity contribution is 7.99. The summed E-state index contributed by atoms with van der Waals surface area (Å²) in [6.45, 7) is 5.28. The lowest BCUT2D eigenvalue weighted by molar-refractivity contribution is 0.536. The molecule has 0 aliphatic carbocycles. The fourth-order valence-corrected chi connectivity index (χ4v) is 2.03. The lowest BCUT2D eigenvalue weighted by Gasteiger charge is -2.12. The summed E-state index contributed by atoms with van der Waals surface area (Å²) in [5, 5.41) is 3.46. The molecule has 0 saturated carbocycles. The van der Waals surface area contributed by atoms with Crippen molar-refractivity contribution in [3.05, 3.63) is 24.3 Å². The van der Waals surface area contributed by atoms with Gasteiger partial charge in [0.15, 0.2) is 0 Å². The summed E-state index contributed by atoms with van der Waals surface area (Å²) >= 11 is 1.99. The minimum atomic E-state index is 0.559. The Morgan fingerprint density at radius 1 is 1.40 bits per heavy atom. The van der Waals surface area contributed by atoms with E-state index in [1.807, 2.05) is 24.2 Å². The van der Waals surface area contributed by atoms with Crippen LogP contribution in [-0.4, -0.2) is 27.5 Å². The molecule has 0 saturated heterocycles. The molecule has 0 amide bonds. The van der Waals surface area contributed by atoms with Gasteiger partial charge in [-0.05, 0) is 24.9 Å². The second kappa shape index (κ2) is 7.65. The molecular formula is C11H19N3S. The zero-order valence-electron chi connectivity index (χ0n) is 9.44. The Hall–Kier alpha value is -0.610. The molecule has 0 aromatic carbocycles. The first-order chi connectivity index (χ1) is 7.33. The lowest BCUT2D eigenvalue weighted by atomic mass is 10.2. The zero-order chi connectivity index (χ0) is 10.9. The SMILES string of the molecule is CCSCCC(C)NCc1cncnc1. The van der Waals surface area contributed by atoms with Gasteiger partial charge in [0, 0.05) is 30.5 Å². The van der Waals surface area contributed by atoms with Gasteiger partial charge in [0.1, 0.15) is 6.33 Å². The third kappa shape index (κ3) is 5.74. The molecule has 84 valence electrons. The van der Waals surface area contributed by atoms with E-state index in [-0.39, 0.29) is 0 Å². The van der Waals surface area contributed by atoms with Gasteiger partial charge < -0.3 is 5.32 Å². The van der Waals surface area contributed by atoms with Crippen molar-refractivity contribution in [1.82, 2.24) is 15.3 Å². The number of hydrogen-bond acceptors (Lipinski definition) is 4. The fraction of sp³-hybridized carbons (Fsp3) is 0.636. The smallest absolute Gasteiger partial charge is 0.115 e. The molecule has 1 unspecified atom stereocenters. The highest BCUT2D eigenvalue weighted by Crippen LogP contribution is 2.04. The van der Waals surface area contributed by atoms with Crippen LogP contribution >= 0.6 is 11.8 Å². The van der Waals surface area contributed by atoms with E-state index in [2.05, 4.69) is 29.1 Å². The van der Waals surface area contributed by atoms with Crippen LogP contribution in [0.25, 0.3) is 0 Å². The normalized spacial score (nSPS) is 12.7. The molecule has 4 heteroatoms. The average Bonchev–Trinajstić information content (AvgIpc) is 2.28. The summed E-state index contributed by atoms with van der Waals surface area (Å²) in [4.78, 5) is 7.97. The molecule has 1 aromatic heterocycles. The Bertz CT molecular complexity index is 253. The lowest BCUT2D eigenvalue weighted by Crippen LogP contribution is -2.26. The standard InChI is InChI=1S/C11H19N3S/c1-3-15-5-4-10(2)14-8-11-6-12-9-13-7-11/h6-7,9-10,14H,3-5,8H2,1-2H3. The average molecular weight is 225 g/mol. The number of hydrogen-bond donors (Lipinski definition) is 1. The highest BCUT2D eigenvalue weighted by Gasteiger charge is 2.01. The van der Waals surface area contributed by atoms with Crippen LogP contribution in [0.1, 0.15) is 25.8 Å². The Labute approximate surface area is 96.1 Å². The molecule has 1 N–H and O–H groups in total. The minimum Gasteiger partial charge on any atom is -0.310 e. The summed E-state index contributed by atoms with van der Waals surface area (Å²) in [5.41, 5.74) is 1.15. The molecule has 0 spiro atoms. The summed E-state index contributed by atoms with van der Waals surface area (Å²) < 4.78 is 0. The van der Waals surface area contributed by atoms with E-state index in [1.54, 1.807) is 6.33 Å². The second-order valence-electron chi connectivity index (χ2n) is 3.51. The van der Waals surface area contributed by atoms with E-state index in [4.69, 9.17) is 0 Å². The van der Waals surface area contributed by atoms with E-state index in [0.717, 1.165) is 12.1 Å². The van der Waals surface area contributed by atoms with Crippen LogP contribution in [0.15, 0.2) is 18.7 Å². The summed E-state index contributed by atoms with van der Waals surface area (Å²) in [7, 11) is 0. The number of nitrogens with one attached hydrogen (secondary N) is 1. The molecule has 0 fully saturated rings. The van der Waals surface area contributed by atoms with Gasteiger partial charge in [-0.3, -0.25) is 0 Å². The molecule has 0 aliphatic rings. The van der Waals surface area contributed by atoms with Gasteiger partial charge in [-0.15, -0.1) is 0 Å². The minimum absolute atomic E-state index is 0.559. The van der Waals surface area contributed by atoms with Crippen molar-refractivity contribution in [3.8, 4) is 0 Å². The van der Waals surface area contributed by atoms with Crippen molar-refractivity contribution >= 4 is 11.8 Å². The molecule has 0 aliphatic heterocycles. The molecule has 1 atom stereocenters. The number of rotatable bonds is 7. The molecule has 0 radical (unpaired) electrons. The Kier molecular flexibility index (Phi) is 6.36. The van der Waals surface area contributed by atoms with Crippen LogP contribution in [-0.2, 0) is 6.54 Å². The van der Waals surface area contributed by atoms with Gasteiger partial charge in [-0.1, -0.05) is 6.92 Å². The molecular weight excluding hydrogens is 206 g/mol. The van der Waals surface area contributed by atoms with Gasteiger partial charge in [0.25, 0.3) is 0 Å². The summed E-state index contributed by atoms with van der Waals surface area (Å²) in [6, 6.07) is 0.559. The van der Waals surface area contributed by atoms with E-state index >= 15 is 0 Å². The first-order valence-corrected chi connectivity index (χ1v) is 6.53. The Morgan fingerprint density at radius 3 is 2.80 bits per heavy atom. The van der Waals surface area contributed by atoms with Crippen molar-refractivity contribution in [2.45, 2.75) is 32.9 Å². The first kappa shape index (κ1) is 12.5. The molecule has 0 bridgehead atoms. The van der Waals surface area contributed by atoms with Crippen molar-refractivity contribution in [1.29, 1.82) is 0 Å². The van der Waals surface area contributed by atoms with Gasteiger partial charge >= 0.3 is 0 Å². The van der Waals surface area contributed by atoms with E-state index < -0.39 is 0 Å². The van der Waals surface area contributed by atoms with Crippen molar-refractivity contribution < 1.29 is 0 Å². The van der Waals surface area contributed by atoms with Gasteiger partial charge in [-0.25, -0.2) is 9.97 Å². The third-order valence-corrected chi connectivity index (χ3v) is 3.10. The molecule has 1 heterocycles. The maximum absolute atomic E-state index is 3.98. The van der Waals surface area contributed by atoms with Crippen LogP contribution < -0.4 is 5.32 Å². The zero-order valence-corrected chi connectivity index (χ0v) is 10.3. The quantitative estimate of drug-likeness (QED) is 0.721. The molecule has 1 rings (SSSR count). The van der Waals surface area contributed by atoms with Crippen LogP contribution in [0.2, 0.25) is 0 Å². The predicted molar refractivity (Wildman–Crippen MR) is 65.9 cm³/mol. The monoisotopic (exact) mass is 225 g/mol. The van der Waals surface area contributed by atoms with Gasteiger partial charge in [0.05, 0.1) is 0 Å². The summed E-state index contributed by atoms with van der Waals surface area (Å²) in [6.07, 6.45) is 6.48. The maximum atomic E-state index is 3.98. The molecule has 15 heavy (non-hydrogen) atoms. The van der Waals surface area contributed by atoms with Crippen LogP contribution in [0.4, 0.5) is 0 Å². The Balaban J connectivity index is 2.14. The topological polar surface area (TPSA) is 37.8 Å². The number of nitrogens with zero attached hydrogens (tertiary/aromatic N) is 2. The summed E-state index contributed by atoms with van der Waals surface area (Å²) in [5.74, 6) is 2.44.